The third kappa shape index (κ3) is 5.18. The molecule has 1 heterocycles. The van der Waals surface area contributed by atoms with E-state index in [1.807, 2.05) is 36.4 Å². The lowest BCUT2D eigenvalue weighted by atomic mass is 10.2. The second-order valence-electron chi connectivity index (χ2n) is 6.96. The Hall–Kier alpha value is -3.78. The van der Waals surface area contributed by atoms with Gasteiger partial charge >= 0.3 is 5.97 Å². The predicted molar refractivity (Wildman–Crippen MR) is 131 cm³/mol. The molecule has 4 rings (SSSR count). The Balaban J connectivity index is 1.79. The molecule has 4 aromatic rings. The van der Waals surface area contributed by atoms with Crippen LogP contribution in [0, 0.1) is 0 Å². The molecular formula is C25H20BrN3O4. The van der Waals surface area contributed by atoms with Crippen molar-refractivity contribution in [2.75, 3.05) is 13.2 Å². The van der Waals surface area contributed by atoms with Crippen molar-refractivity contribution in [3.05, 3.63) is 93.2 Å². The number of halogens is 1. The van der Waals surface area contributed by atoms with Crippen LogP contribution in [-0.4, -0.2) is 35.1 Å². The van der Waals surface area contributed by atoms with Crippen LogP contribution < -0.4 is 10.3 Å². The van der Waals surface area contributed by atoms with Gasteiger partial charge in [-0.25, -0.2) is 9.78 Å². The molecule has 166 valence electrons. The van der Waals surface area contributed by atoms with Gasteiger partial charge in [0.25, 0.3) is 5.56 Å². The summed E-state index contributed by atoms with van der Waals surface area (Å²) in [6, 6.07) is 21.8. The summed E-state index contributed by atoms with van der Waals surface area (Å²) in [4.78, 5) is 29.7. The van der Waals surface area contributed by atoms with Crippen LogP contribution in [0.25, 0.3) is 22.3 Å². The number of nitrogens with zero attached hydrogens (tertiary/aromatic N) is 3. The molecule has 0 fully saturated rings. The van der Waals surface area contributed by atoms with E-state index in [0.29, 0.717) is 28.0 Å². The first-order valence-electron chi connectivity index (χ1n) is 10.3. The lowest BCUT2D eigenvalue weighted by Gasteiger charge is -2.11. The predicted octanol–water partition coefficient (Wildman–Crippen LogP) is 4.65. The van der Waals surface area contributed by atoms with Gasteiger partial charge in [0.1, 0.15) is 5.75 Å². The van der Waals surface area contributed by atoms with Crippen LogP contribution >= 0.6 is 15.9 Å². The maximum absolute atomic E-state index is 13.3. The third-order valence-corrected chi connectivity index (χ3v) is 5.21. The highest BCUT2D eigenvalue weighted by molar-refractivity contribution is 9.10. The maximum atomic E-state index is 13.3. The number of hydrogen-bond donors (Lipinski definition) is 0. The number of aromatic nitrogens is 2. The molecule has 0 aliphatic heterocycles. The normalized spacial score (nSPS) is 11.1. The fourth-order valence-electron chi connectivity index (χ4n) is 3.22. The van der Waals surface area contributed by atoms with Gasteiger partial charge in [-0.1, -0.05) is 58.4 Å². The number of para-hydroxylation sites is 1. The van der Waals surface area contributed by atoms with Gasteiger partial charge in [-0.15, -0.1) is 0 Å². The second-order valence-corrected chi connectivity index (χ2v) is 7.87. The van der Waals surface area contributed by atoms with Crippen molar-refractivity contribution in [1.29, 1.82) is 0 Å². The first-order chi connectivity index (χ1) is 16.1. The number of carbonyl (C=O) groups excluding carboxylic acids is 1. The summed E-state index contributed by atoms with van der Waals surface area (Å²) in [5.41, 5.74) is 1.63. The van der Waals surface area contributed by atoms with Crippen molar-refractivity contribution < 1.29 is 14.3 Å². The zero-order valence-electron chi connectivity index (χ0n) is 17.8. The van der Waals surface area contributed by atoms with E-state index in [9.17, 15) is 9.59 Å². The van der Waals surface area contributed by atoms with Crippen LogP contribution in [0.1, 0.15) is 12.5 Å². The minimum Gasteiger partial charge on any atom is -0.481 e. The van der Waals surface area contributed by atoms with Crippen LogP contribution in [0.2, 0.25) is 0 Å². The average molecular weight is 506 g/mol. The standard InChI is InChI=1S/C25H20BrN3O4/c1-2-32-23(30)16-33-22-13-12-19(26)14-18(22)15-27-29-24(17-8-4-3-5-9-17)28-21-11-7-6-10-20(21)25(29)31/h3-15H,2,16H2,1H3. The second kappa shape index (κ2) is 10.2. The largest absolute Gasteiger partial charge is 0.481 e. The number of hydrogen-bond acceptors (Lipinski definition) is 6. The summed E-state index contributed by atoms with van der Waals surface area (Å²) in [7, 11) is 0. The van der Waals surface area contributed by atoms with Gasteiger partial charge in [0.15, 0.2) is 12.4 Å². The third-order valence-electron chi connectivity index (χ3n) is 4.72. The first-order valence-corrected chi connectivity index (χ1v) is 11.1. The SMILES string of the molecule is CCOC(=O)COc1ccc(Br)cc1C=Nn1c(-c2ccccc2)nc2ccccc2c1=O. The van der Waals surface area contributed by atoms with Crippen LogP contribution in [0.3, 0.4) is 0 Å². The van der Waals surface area contributed by atoms with Gasteiger partial charge in [0.2, 0.25) is 0 Å². The molecule has 0 N–H and O–H groups in total. The van der Waals surface area contributed by atoms with E-state index in [-0.39, 0.29) is 18.8 Å². The number of rotatable bonds is 7. The molecule has 0 saturated heterocycles. The highest BCUT2D eigenvalue weighted by Crippen LogP contribution is 2.23. The van der Waals surface area contributed by atoms with Crippen LogP contribution in [0.15, 0.2) is 87.2 Å². The molecule has 0 spiro atoms. The van der Waals surface area contributed by atoms with Gasteiger partial charge in [-0.05, 0) is 37.3 Å². The summed E-state index contributed by atoms with van der Waals surface area (Å²) in [5.74, 6) is 0.377. The Morgan fingerprint density at radius 1 is 1.09 bits per heavy atom. The molecule has 0 aliphatic carbocycles. The summed E-state index contributed by atoms with van der Waals surface area (Å²) in [6.07, 6.45) is 1.51. The average Bonchev–Trinajstić information content (AvgIpc) is 2.83. The number of benzene rings is 3. The Morgan fingerprint density at radius 2 is 1.85 bits per heavy atom. The van der Waals surface area contributed by atoms with Crippen molar-refractivity contribution in [1.82, 2.24) is 9.66 Å². The zero-order chi connectivity index (χ0) is 23.2. The molecule has 3 aromatic carbocycles. The van der Waals surface area contributed by atoms with E-state index in [4.69, 9.17) is 9.47 Å². The van der Waals surface area contributed by atoms with E-state index < -0.39 is 5.97 Å². The smallest absolute Gasteiger partial charge is 0.344 e. The fraction of sp³-hybridized carbons (Fsp3) is 0.120. The molecule has 0 bridgehead atoms. The van der Waals surface area contributed by atoms with Crippen LogP contribution in [0.4, 0.5) is 0 Å². The Morgan fingerprint density at radius 3 is 2.64 bits per heavy atom. The van der Waals surface area contributed by atoms with Gasteiger partial charge < -0.3 is 9.47 Å². The topological polar surface area (TPSA) is 82.8 Å². The quantitative estimate of drug-likeness (QED) is 0.269. The summed E-state index contributed by atoms with van der Waals surface area (Å²) < 4.78 is 12.6. The Kier molecular flexibility index (Phi) is 6.95. The summed E-state index contributed by atoms with van der Waals surface area (Å²) in [6.45, 7) is 1.77. The van der Waals surface area contributed by atoms with Crippen molar-refractivity contribution in [2.24, 2.45) is 5.10 Å². The van der Waals surface area contributed by atoms with E-state index in [2.05, 4.69) is 26.0 Å². The summed E-state index contributed by atoms with van der Waals surface area (Å²) in [5, 5.41) is 4.93. The van der Waals surface area contributed by atoms with E-state index in [1.54, 1.807) is 43.3 Å². The van der Waals surface area contributed by atoms with Crippen molar-refractivity contribution in [3.8, 4) is 17.1 Å². The van der Waals surface area contributed by atoms with E-state index >= 15 is 0 Å². The molecule has 8 heteroatoms. The highest BCUT2D eigenvalue weighted by atomic mass is 79.9. The van der Waals surface area contributed by atoms with Crippen molar-refractivity contribution in [2.45, 2.75) is 6.92 Å². The molecule has 7 nitrogen and oxygen atoms in total. The molecule has 0 atom stereocenters. The van der Waals surface area contributed by atoms with Gasteiger partial charge in [-0.2, -0.15) is 9.78 Å². The van der Waals surface area contributed by atoms with Crippen molar-refractivity contribution in [3.63, 3.8) is 0 Å². The molecule has 0 unspecified atom stereocenters. The van der Waals surface area contributed by atoms with Gasteiger partial charge in [0, 0.05) is 15.6 Å². The minimum atomic E-state index is -0.468. The Bertz CT molecular complexity index is 1380. The van der Waals surface area contributed by atoms with Crippen LogP contribution in [0.5, 0.6) is 5.75 Å². The lowest BCUT2D eigenvalue weighted by molar-refractivity contribution is -0.145. The zero-order valence-corrected chi connectivity index (χ0v) is 19.4. The number of carbonyl (C=O) groups is 1. The molecular weight excluding hydrogens is 486 g/mol. The molecule has 0 amide bonds. The first kappa shape index (κ1) is 22.4. The number of fused-ring (bicyclic) bond motifs is 1. The summed E-state index contributed by atoms with van der Waals surface area (Å²) >= 11 is 3.44. The minimum absolute atomic E-state index is 0.233. The van der Waals surface area contributed by atoms with Crippen LogP contribution in [-0.2, 0) is 9.53 Å². The maximum Gasteiger partial charge on any atom is 0.344 e. The van der Waals surface area contributed by atoms with E-state index in [0.717, 1.165) is 10.0 Å². The Labute approximate surface area is 198 Å². The highest BCUT2D eigenvalue weighted by Gasteiger charge is 2.13. The van der Waals surface area contributed by atoms with Crippen molar-refractivity contribution >= 4 is 39.0 Å². The van der Waals surface area contributed by atoms with Gasteiger partial charge in [-0.3, -0.25) is 4.79 Å². The molecule has 33 heavy (non-hydrogen) atoms. The van der Waals surface area contributed by atoms with Gasteiger partial charge in [0.05, 0.1) is 23.7 Å². The molecule has 0 aliphatic rings. The fourth-order valence-corrected chi connectivity index (χ4v) is 3.59. The molecule has 0 saturated carbocycles. The molecule has 1 aromatic heterocycles. The number of ether oxygens (including phenoxy) is 2. The lowest BCUT2D eigenvalue weighted by Crippen LogP contribution is -2.20. The monoisotopic (exact) mass is 505 g/mol. The molecule has 0 radical (unpaired) electrons. The number of esters is 1. The van der Waals surface area contributed by atoms with E-state index in [1.165, 1.54) is 10.9 Å².